The third-order valence-electron chi connectivity index (χ3n) is 1.89. The van der Waals surface area contributed by atoms with Gasteiger partial charge in [-0.2, -0.15) is 0 Å². The number of carbonyl (C=O) groups is 1. The van der Waals surface area contributed by atoms with Crippen LogP contribution in [0.15, 0.2) is 4.42 Å². The molecule has 1 aromatic rings. The van der Waals surface area contributed by atoms with Crippen LogP contribution in [-0.2, 0) is 0 Å². The third-order valence-corrected chi connectivity index (χ3v) is 1.89. The van der Waals surface area contributed by atoms with Crippen LogP contribution in [-0.4, -0.2) is 11.3 Å². The Bertz CT molecular complexity index is 286. The van der Waals surface area contributed by atoms with Crippen LogP contribution in [0.2, 0.25) is 0 Å². The van der Waals surface area contributed by atoms with E-state index >= 15 is 0 Å². The van der Waals surface area contributed by atoms with Gasteiger partial charge < -0.3 is 4.42 Å². The van der Waals surface area contributed by atoms with Gasteiger partial charge in [-0.15, -0.1) is 0 Å². The highest BCUT2D eigenvalue weighted by molar-refractivity contribution is 5.72. The zero-order valence-corrected chi connectivity index (χ0v) is 6.33. The van der Waals surface area contributed by atoms with Crippen molar-refractivity contribution in [3.05, 3.63) is 17.3 Å². The molecule has 58 valence electrons. The van der Waals surface area contributed by atoms with Gasteiger partial charge >= 0.3 is 0 Å². The Balaban J connectivity index is 2.35. The topological polar surface area (TPSA) is 43.1 Å². The van der Waals surface area contributed by atoms with E-state index in [0.29, 0.717) is 17.4 Å². The average Bonchev–Trinajstić information content (AvgIpc) is 2.76. The minimum Gasteiger partial charge on any atom is -0.445 e. The molecule has 1 fully saturated rings. The second-order valence-corrected chi connectivity index (χ2v) is 2.89. The standard InChI is InChI=1S/C8H9NO2/c1-5-7(4-10)9-8(11-5)6-2-3-6/h4,6H,2-3H2,1H3. The van der Waals surface area contributed by atoms with Crippen molar-refractivity contribution >= 4 is 6.29 Å². The summed E-state index contributed by atoms with van der Waals surface area (Å²) in [5, 5.41) is 0. The number of oxazole rings is 1. The molecule has 1 aliphatic carbocycles. The molecule has 1 saturated carbocycles. The van der Waals surface area contributed by atoms with Crippen molar-refractivity contribution in [2.75, 3.05) is 0 Å². The maximum absolute atomic E-state index is 10.4. The van der Waals surface area contributed by atoms with Gasteiger partial charge in [0.15, 0.2) is 12.2 Å². The molecule has 1 heterocycles. The Labute approximate surface area is 64.4 Å². The van der Waals surface area contributed by atoms with Gasteiger partial charge in [0.2, 0.25) is 0 Å². The predicted octanol–water partition coefficient (Wildman–Crippen LogP) is 1.67. The number of aromatic nitrogens is 1. The maximum Gasteiger partial charge on any atom is 0.198 e. The summed E-state index contributed by atoms with van der Waals surface area (Å²) >= 11 is 0. The summed E-state index contributed by atoms with van der Waals surface area (Å²) in [4.78, 5) is 14.4. The fourth-order valence-corrected chi connectivity index (χ4v) is 1.04. The van der Waals surface area contributed by atoms with Crippen molar-refractivity contribution in [2.24, 2.45) is 0 Å². The van der Waals surface area contributed by atoms with E-state index in [1.54, 1.807) is 6.92 Å². The number of aryl methyl sites for hydroxylation is 1. The Morgan fingerprint density at radius 3 is 2.82 bits per heavy atom. The smallest absolute Gasteiger partial charge is 0.198 e. The van der Waals surface area contributed by atoms with Crippen molar-refractivity contribution in [3.8, 4) is 0 Å². The van der Waals surface area contributed by atoms with Gasteiger partial charge in [0.05, 0.1) is 0 Å². The fourth-order valence-electron chi connectivity index (χ4n) is 1.04. The second-order valence-electron chi connectivity index (χ2n) is 2.89. The van der Waals surface area contributed by atoms with E-state index < -0.39 is 0 Å². The molecular weight excluding hydrogens is 142 g/mol. The summed E-state index contributed by atoms with van der Waals surface area (Å²) in [6, 6.07) is 0. The van der Waals surface area contributed by atoms with Gasteiger partial charge in [0.25, 0.3) is 0 Å². The number of nitrogens with zero attached hydrogens (tertiary/aromatic N) is 1. The SMILES string of the molecule is Cc1oc(C2CC2)nc1C=O. The highest BCUT2D eigenvalue weighted by Crippen LogP contribution is 2.39. The van der Waals surface area contributed by atoms with Crippen molar-refractivity contribution in [2.45, 2.75) is 25.7 Å². The van der Waals surface area contributed by atoms with Crippen LogP contribution in [0.1, 0.15) is 40.9 Å². The minimum absolute atomic E-state index is 0.451. The first-order valence-corrected chi connectivity index (χ1v) is 3.74. The first-order valence-electron chi connectivity index (χ1n) is 3.74. The quantitative estimate of drug-likeness (QED) is 0.604. The fraction of sp³-hybridized carbons (Fsp3) is 0.500. The molecule has 1 aliphatic rings. The van der Waals surface area contributed by atoms with Crippen LogP contribution < -0.4 is 0 Å². The van der Waals surface area contributed by atoms with Crippen molar-refractivity contribution in [1.29, 1.82) is 0 Å². The molecule has 0 saturated heterocycles. The lowest BCUT2D eigenvalue weighted by Crippen LogP contribution is -1.82. The molecule has 1 aromatic heterocycles. The predicted molar refractivity (Wildman–Crippen MR) is 38.6 cm³/mol. The Morgan fingerprint density at radius 2 is 2.36 bits per heavy atom. The van der Waals surface area contributed by atoms with Gasteiger partial charge in [-0.3, -0.25) is 4.79 Å². The number of hydrogen-bond donors (Lipinski definition) is 0. The molecule has 0 unspecified atom stereocenters. The van der Waals surface area contributed by atoms with Crippen LogP contribution in [0.4, 0.5) is 0 Å². The van der Waals surface area contributed by atoms with Crippen molar-refractivity contribution in [1.82, 2.24) is 4.98 Å². The summed E-state index contributed by atoms with van der Waals surface area (Å²) < 4.78 is 5.29. The van der Waals surface area contributed by atoms with Crippen LogP contribution in [0, 0.1) is 6.92 Å². The number of carbonyl (C=O) groups excluding carboxylic acids is 1. The lowest BCUT2D eigenvalue weighted by atomic mass is 10.4. The van der Waals surface area contributed by atoms with Crippen LogP contribution >= 0.6 is 0 Å². The summed E-state index contributed by atoms with van der Waals surface area (Å²) in [5.41, 5.74) is 0.451. The van der Waals surface area contributed by atoms with Crippen molar-refractivity contribution < 1.29 is 9.21 Å². The summed E-state index contributed by atoms with van der Waals surface area (Å²) in [7, 11) is 0. The van der Waals surface area contributed by atoms with E-state index in [1.165, 1.54) is 0 Å². The molecule has 0 aromatic carbocycles. The molecule has 0 amide bonds. The Kier molecular flexibility index (Phi) is 1.31. The van der Waals surface area contributed by atoms with Gasteiger partial charge in [0, 0.05) is 5.92 Å². The van der Waals surface area contributed by atoms with E-state index in [9.17, 15) is 4.79 Å². The van der Waals surface area contributed by atoms with Crippen LogP contribution in [0.3, 0.4) is 0 Å². The lowest BCUT2D eigenvalue weighted by Gasteiger charge is -1.82. The number of hydrogen-bond acceptors (Lipinski definition) is 3. The highest BCUT2D eigenvalue weighted by Gasteiger charge is 2.29. The second kappa shape index (κ2) is 2.19. The van der Waals surface area contributed by atoms with Crippen LogP contribution in [0.25, 0.3) is 0 Å². The molecule has 3 heteroatoms. The highest BCUT2D eigenvalue weighted by atomic mass is 16.4. The summed E-state index contributed by atoms with van der Waals surface area (Å²) in [6.45, 7) is 1.77. The molecule has 3 nitrogen and oxygen atoms in total. The van der Waals surface area contributed by atoms with Gasteiger partial charge in [0.1, 0.15) is 11.5 Å². The molecule has 0 aliphatic heterocycles. The molecule has 2 rings (SSSR count). The maximum atomic E-state index is 10.4. The summed E-state index contributed by atoms with van der Waals surface area (Å²) in [5.74, 6) is 1.87. The molecular formula is C8H9NO2. The average molecular weight is 151 g/mol. The first-order chi connectivity index (χ1) is 5.31. The minimum atomic E-state index is 0.451. The van der Waals surface area contributed by atoms with Crippen LogP contribution in [0.5, 0.6) is 0 Å². The van der Waals surface area contributed by atoms with E-state index in [0.717, 1.165) is 25.0 Å². The molecule has 11 heavy (non-hydrogen) atoms. The van der Waals surface area contributed by atoms with E-state index in [1.807, 2.05) is 0 Å². The normalized spacial score (nSPS) is 16.8. The largest absolute Gasteiger partial charge is 0.445 e. The van der Waals surface area contributed by atoms with Gasteiger partial charge in [-0.1, -0.05) is 0 Å². The Hall–Kier alpha value is -1.12. The molecule has 0 N–H and O–H groups in total. The summed E-state index contributed by atoms with van der Waals surface area (Å²) in [6.07, 6.45) is 3.04. The first kappa shape index (κ1) is 6.58. The number of rotatable bonds is 2. The van der Waals surface area contributed by atoms with Gasteiger partial charge in [-0.05, 0) is 19.8 Å². The number of aldehydes is 1. The molecule has 0 atom stereocenters. The Morgan fingerprint density at radius 1 is 1.64 bits per heavy atom. The monoisotopic (exact) mass is 151 g/mol. The zero-order chi connectivity index (χ0) is 7.84. The van der Waals surface area contributed by atoms with Gasteiger partial charge in [-0.25, -0.2) is 4.98 Å². The zero-order valence-electron chi connectivity index (χ0n) is 6.33. The van der Waals surface area contributed by atoms with E-state index in [-0.39, 0.29) is 0 Å². The van der Waals surface area contributed by atoms with Crippen molar-refractivity contribution in [3.63, 3.8) is 0 Å². The molecule has 0 spiro atoms. The lowest BCUT2D eigenvalue weighted by molar-refractivity contribution is 0.111. The third kappa shape index (κ3) is 1.06. The van der Waals surface area contributed by atoms with E-state index in [4.69, 9.17) is 4.42 Å². The molecule has 0 radical (unpaired) electrons. The molecule has 0 bridgehead atoms. The van der Waals surface area contributed by atoms with E-state index in [2.05, 4.69) is 4.98 Å².